The summed E-state index contributed by atoms with van der Waals surface area (Å²) in [6, 6.07) is 8.21. The van der Waals surface area contributed by atoms with Crippen LogP contribution in [0.25, 0.3) is 0 Å². The molecule has 6 heteroatoms. The van der Waals surface area contributed by atoms with Crippen molar-refractivity contribution < 1.29 is 13.2 Å². The van der Waals surface area contributed by atoms with E-state index in [1.54, 1.807) is 18.9 Å². The lowest BCUT2D eigenvalue weighted by atomic mass is 10.1. The average Bonchev–Trinajstić information content (AvgIpc) is 2.41. The van der Waals surface area contributed by atoms with E-state index in [1.807, 2.05) is 24.3 Å². The molecular formula is C14H23NO3S2. The van der Waals surface area contributed by atoms with Crippen molar-refractivity contribution in [3.63, 3.8) is 0 Å². The maximum atomic E-state index is 11.1. The Balaban J connectivity index is 2.54. The largest absolute Gasteiger partial charge is 0.497 e. The summed E-state index contributed by atoms with van der Waals surface area (Å²) in [6.07, 6.45) is 1.28. The summed E-state index contributed by atoms with van der Waals surface area (Å²) in [6.45, 7) is 2.95. The molecule has 0 fully saturated rings. The van der Waals surface area contributed by atoms with Gasteiger partial charge in [0.05, 0.1) is 12.9 Å². The van der Waals surface area contributed by atoms with Gasteiger partial charge in [-0.1, -0.05) is 19.1 Å². The summed E-state index contributed by atoms with van der Waals surface area (Å²) in [5, 5.41) is 3.42. The fraction of sp³-hybridized carbons (Fsp3) is 0.571. The van der Waals surface area contributed by atoms with E-state index in [0.717, 1.165) is 18.0 Å². The van der Waals surface area contributed by atoms with E-state index in [4.69, 9.17) is 4.74 Å². The highest BCUT2D eigenvalue weighted by molar-refractivity contribution is 8.00. The van der Waals surface area contributed by atoms with Crippen LogP contribution in [-0.2, 0) is 9.84 Å². The van der Waals surface area contributed by atoms with Gasteiger partial charge in [-0.2, -0.15) is 11.8 Å². The van der Waals surface area contributed by atoms with Gasteiger partial charge >= 0.3 is 0 Å². The van der Waals surface area contributed by atoms with Gasteiger partial charge < -0.3 is 10.1 Å². The lowest BCUT2D eigenvalue weighted by Gasteiger charge is -2.18. The standard InChI is InChI=1S/C14H23NO3S2/c1-4-15-14(11-19-9-10-20(3,16)17)12-5-7-13(18-2)8-6-12/h5-8,14-15H,4,9-11H2,1-3H3. The van der Waals surface area contributed by atoms with Gasteiger partial charge in [-0.25, -0.2) is 8.42 Å². The van der Waals surface area contributed by atoms with Gasteiger partial charge in [-0.15, -0.1) is 0 Å². The molecule has 0 bridgehead atoms. The molecule has 0 heterocycles. The molecule has 0 saturated heterocycles. The van der Waals surface area contributed by atoms with Gasteiger partial charge in [0, 0.05) is 23.8 Å². The summed E-state index contributed by atoms with van der Waals surface area (Å²) >= 11 is 1.66. The molecule has 20 heavy (non-hydrogen) atoms. The molecule has 1 rings (SSSR count). The Hall–Kier alpha value is -0.720. The van der Waals surface area contributed by atoms with E-state index < -0.39 is 9.84 Å². The topological polar surface area (TPSA) is 55.4 Å². The Labute approximate surface area is 126 Å². The smallest absolute Gasteiger partial charge is 0.148 e. The van der Waals surface area contributed by atoms with Crippen molar-refractivity contribution in [1.82, 2.24) is 5.32 Å². The molecule has 0 spiro atoms. The van der Waals surface area contributed by atoms with E-state index in [9.17, 15) is 8.42 Å². The Morgan fingerprint density at radius 2 is 1.95 bits per heavy atom. The Bertz CT molecular complexity index is 486. The van der Waals surface area contributed by atoms with Gasteiger partial charge in [-0.05, 0) is 24.2 Å². The fourth-order valence-corrected chi connectivity index (χ4v) is 4.16. The van der Waals surface area contributed by atoms with Crippen molar-refractivity contribution in [3.8, 4) is 5.75 Å². The zero-order valence-corrected chi connectivity index (χ0v) is 13.9. The van der Waals surface area contributed by atoms with Crippen LogP contribution in [0.3, 0.4) is 0 Å². The number of hydrogen-bond donors (Lipinski definition) is 1. The summed E-state index contributed by atoms with van der Waals surface area (Å²) in [5.41, 5.74) is 1.19. The number of methoxy groups -OCH3 is 1. The monoisotopic (exact) mass is 317 g/mol. The van der Waals surface area contributed by atoms with Gasteiger partial charge in [0.1, 0.15) is 15.6 Å². The first kappa shape index (κ1) is 17.3. The molecule has 1 aromatic carbocycles. The van der Waals surface area contributed by atoms with Gasteiger partial charge in [-0.3, -0.25) is 0 Å². The van der Waals surface area contributed by atoms with E-state index in [2.05, 4.69) is 12.2 Å². The van der Waals surface area contributed by atoms with Crippen LogP contribution in [0.2, 0.25) is 0 Å². The second kappa shape index (κ2) is 8.54. The van der Waals surface area contributed by atoms with Crippen molar-refractivity contribution in [2.75, 3.05) is 37.2 Å². The van der Waals surface area contributed by atoms with Crippen LogP contribution in [-0.4, -0.2) is 45.6 Å². The normalized spacial score (nSPS) is 13.2. The average molecular weight is 317 g/mol. The second-order valence-corrected chi connectivity index (χ2v) is 8.00. The van der Waals surface area contributed by atoms with Crippen LogP contribution < -0.4 is 10.1 Å². The lowest BCUT2D eigenvalue weighted by molar-refractivity contribution is 0.414. The first-order valence-corrected chi connectivity index (χ1v) is 9.80. The van der Waals surface area contributed by atoms with E-state index >= 15 is 0 Å². The van der Waals surface area contributed by atoms with Crippen LogP contribution in [0.4, 0.5) is 0 Å². The third-order valence-corrected chi connectivity index (χ3v) is 5.12. The first-order chi connectivity index (χ1) is 9.46. The van der Waals surface area contributed by atoms with Crippen LogP contribution in [0.15, 0.2) is 24.3 Å². The second-order valence-electron chi connectivity index (χ2n) is 4.59. The molecule has 0 saturated carbocycles. The summed E-state index contributed by atoms with van der Waals surface area (Å²) in [4.78, 5) is 0. The highest BCUT2D eigenvalue weighted by Gasteiger charge is 2.11. The molecular weight excluding hydrogens is 294 g/mol. The molecule has 4 nitrogen and oxygen atoms in total. The number of rotatable bonds is 9. The minimum Gasteiger partial charge on any atom is -0.497 e. The third-order valence-electron chi connectivity index (χ3n) is 2.85. The lowest BCUT2D eigenvalue weighted by Crippen LogP contribution is -2.23. The molecule has 0 amide bonds. The first-order valence-electron chi connectivity index (χ1n) is 6.59. The number of thioether (sulfide) groups is 1. The number of sulfone groups is 1. The van der Waals surface area contributed by atoms with Crippen molar-refractivity contribution in [3.05, 3.63) is 29.8 Å². The number of hydrogen-bond acceptors (Lipinski definition) is 5. The highest BCUT2D eigenvalue weighted by Crippen LogP contribution is 2.21. The van der Waals surface area contributed by atoms with Crippen molar-refractivity contribution in [2.24, 2.45) is 0 Å². The minimum absolute atomic E-state index is 0.232. The fourth-order valence-electron chi connectivity index (χ4n) is 1.77. The molecule has 0 radical (unpaired) electrons. The molecule has 114 valence electrons. The van der Waals surface area contributed by atoms with Crippen molar-refractivity contribution >= 4 is 21.6 Å². The van der Waals surface area contributed by atoms with Crippen LogP contribution in [0.1, 0.15) is 18.5 Å². The van der Waals surface area contributed by atoms with Crippen molar-refractivity contribution in [2.45, 2.75) is 13.0 Å². The molecule has 1 unspecified atom stereocenters. The van der Waals surface area contributed by atoms with Gasteiger partial charge in [0.2, 0.25) is 0 Å². The van der Waals surface area contributed by atoms with E-state index in [0.29, 0.717) is 5.75 Å². The Kier molecular flexibility index (Phi) is 7.40. The van der Waals surface area contributed by atoms with E-state index in [-0.39, 0.29) is 11.8 Å². The van der Waals surface area contributed by atoms with Gasteiger partial charge in [0.15, 0.2) is 0 Å². The molecule has 1 aromatic rings. The number of ether oxygens (including phenoxy) is 1. The Morgan fingerprint density at radius 3 is 2.45 bits per heavy atom. The maximum Gasteiger partial charge on any atom is 0.148 e. The van der Waals surface area contributed by atoms with Crippen molar-refractivity contribution in [1.29, 1.82) is 0 Å². The summed E-state index contributed by atoms with van der Waals surface area (Å²) < 4.78 is 27.4. The van der Waals surface area contributed by atoms with Crippen LogP contribution >= 0.6 is 11.8 Å². The zero-order valence-electron chi connectivity index (χ0n) is 12.3. The maximum absolute atomic E-state index is 11.1. The minimum atomic E-state index is -2.87. The molecule has 0 aromatic heterocycles. The zero-order chi connectivity index (χ0) is 15.0. The Morgan fingerprint density at radius 1 is 1.30 bits per heavy atom. The molecule has 1 N–H and O–H groups in total. The molecule has 0 aliphatic rings. The molecule has 0 aliphatic heterocycles. The SMILES string of the molecule is CCNC(CSCCS(C)(=O)=O)c1ccc(OC)cc1. The number of nitrogens with one attached hydrogen (secondary N) is 1. The summed E-state index contributed by atoms with van der Waals surface area (Å²) in [5.74, 6) is 2.57. The predicted molar refractivity (Wildman–Crippen MR) is 86.4 cm³/mol. The predicted octanol–water partition coefficient (Wildman–Crippen LogP) is 2.12. The summed E-state index contributed by atoms with van der Waals surface area (Å²) in [7, 11) is -1.22. The van der Waals surface area contributed by atoms with Crippen LogP contribution in [0.5, 0.6) is 5.75 Å². The molecule has 0 aliphatic carbocycles. The molecule has 1 atom stereocenters. The quantitative estimate of drug-likeness (QED) is 0.707. The highest BCUT2D eigenvalue weighted by atomic mass is 32.2. The van der Waals surface area contributed by atoms with Gasteiger partial charge in [0.25, 0.3) is 0 Å². The van der Waals surface area contributed by atoms with Crippen LogP contribution in [0, 0.1) is 0 Å². The number of benzene rings is 1. The third kappa shape index (κ3) is 6.63. The van der Waals surface area contributed by atoms with E-state index in [1.165, 1.54) is 11.8 Å².